The Morgan fingerprint density at radius 2 is 2.00 bits per heavy atom. The Morgan fingerprint density at radius 1 is 1.26 bits per heavy atom. The van der Waals surface area contributed by atoms with Gasteiger partial charge in [-0.05, 0) is 30.7 Å². The van der Waals surface area contributed by atoms with Crippen molar-refractivity contribution in [3.05, 3.63) is 42.1 Å². The number of amidine groups is 1. The van der Waals surface area contributed by atoms with E-state index in [1.807, 2.05) is 25.3 Å². The van der Waals surface area contributed by atoms with Crippen molar-refractivity contribution in [2.24, 2.45) is 4.99 Å². The fourth-order valence-electron chi connectivity index (χ4n) is 2.95. The third-order valence-electron chi connectivity index (χ3n) is 4.31. The minimum Gasteiger partial charge on any atom is -0.497 e. The highest BCUT2D eigenvalue weighted by molar-refractivity contribution is 5.82. The predicted molar refractivity (Wildman–Crippen MR) is 92.5 cm³/mol. The van der Waals surface area contributed by atoms with E-state index in [-0.39, 0.29) is 0 Å². The molecular formula is C17H25N5O. The molecule has 2 aliphatic heterocycles. The number of hydrogen-bond acceptors (Lipinski definition) is 6. The zero-order chi connectivity index (χ0) is 16.1. The first kappa shape index (κ1) is 16.0. The molecule has 0 saturated carbocycles. The number of nitrogens with one attached hydrogen (secondary N) is 3. The summed E-state index contributed by atoms with van der Waals surface area (Å²) >= 11 is 0. The summed E-state index contributed by atoms with van der Waals surface area (Å²) < 4.78 is 5.27. The maximum atomic E-state index is 5.27. The largest absolute Gasteiger partial charge is 0.497 e. The van der Waals surface area contributed by atoms with E-state index in [0.717, 1.165) is 50.0 Å². The van der Waals surface area contributed by atoms with Crippen LogP contribution in [0.25, 0.3) is 0 Å². The van der Waals surface area contributed by atoms with E-state index in [1.165, 1.54) is 0 Å². The molecule has 1 fully saturated rings. The minimum atomic E-state index is -0.441. The molecule has 23 heavy (non-hydrogen) atoms. The Hall–Kier alpha value is -1.89. The van der Waals surface area contributed by atoms with E-state index in [2.05, 4.69) is 44.1 Å². The van der Waals surface area contributed by atoms with Crippen LogP contribution in [0.4, 0.5) is 0 Å². The van der Waals surface area contributed by atoms with E-state index in [1.54, 1.807) is 7.11 Å². The van der Waals surface area contributed by atoms with Gasteiger partial charge in [0.1, 0.15) is 17.2 Å². The molecule has 2 heterocycles. The molecule has 1 aromatic carbocycles. The lowest BCUT2D eigenvalue weighted by Crippen LogP contribution is -2.59. The second kappa shape index (κ2) is 7.12. The smallest absolute Gasteiger partial charge is 0.138 e. The fraction of sp³-hybridized carbons (Fsp3) is 0.471. The van der Waals surface area contributed by atoms with Crippen molar-refractivity contribution in [3.63, 3.8) is 0 Å². The van der Waals surface area contributed by atoms with Gasteiger partial charge in [0.15, 0.2) is 0 Å². The van der Waals surface area contributed by atoms with Crippen molar-refractivity contribution >= 4 is 5.84 Å². The molecule has 2 aliphatic rings. The lowest BCUT2D eigenvalue weighted by Gasteiger charge is -2.38. The molecule has 0 aliphatic carbocycles. The lowest BCUT2D eigenvalue weighted by atomic mass is 9.98. The number of ether oxygens (including phenoxy) is 1. The summed E-state index contributed by atoms with van der Waals surface area (Å²) in [5.41, 5.74) is 0.696. The molecule has 3 rings (SSSR count). The molecule has 124 valence electrons. The highest BCUT2D eigenvalue weighted by Gasteiger charge is 2.31. The quantitative estimate of drug-likeness (QED) is 0.751. The van der Waals surface area contributed by atoms with Crippen LogP contribution in [-0.4, -0.2) is 50.7 Å². The van der Waals surface area contributed by atoms with Crippen molar-refractivity contribution in [1.82, 2.24) is 20.9 Å². The normalized spacial score (nSPS) is 24.9. The first-order valence-corrected chi connectivity index (χ1v) is 8.05. The summed E-state index contributed by atoms with van der Waals surface area (Å²) in [4.78, 5) is 6.73. The van der Waals surface area contributed by atoms with E-state index in [4.69, 9.17) is 4.74 Å². The van der Waals surface area contributed by atoms with Gasteiger partial charge in [-0.2, -0.15) is 0 Å². The van der Waals surface area contributed by atoms with Crippen LogP contribution in [0.1, 0.15) is 12.5 Å². The summed E-state index contributed by atoms with van der Waals surface area (Å²) in [5, 5.41) is 10.5. The van der Waals surface area contributed by atoms with Crippen LogP contribution >= 0.6 is 0 Å². The summed E-state index contributed by atoms with van der Waals surface area (Å²) in [6, 6.07) is 8.14. The van der Waals surface area contributed by atoms with Gasteiger partial charge in [-0.3, -0.25) is 10.2 Å². The van der Waals surface area contributed by atoms with Crippen LogP contribution in [0.3, 0.4) is 0 Å². The van der Waals surface area contributed by atoms with Gasteiger partial charge in [0, 0.05) is 32.4 Å². The summed E-state index contributed by atoms with van der Waals surface area (Å²) in [6.07, 6.45) is 3.94. The molecule has 1 unspecified atom stereocenters. The maximum Gasteiger partial charge on any atom is 0.138 e. The third-order valence-corrected chi connectivity index (χ3v) is 4.31. The highest BCUT2D eigenvalue weighted by Crippen LogP contribution is 2.24. The lowest BCUT2D eigenvalue weighted by molar-refractivity contribution is 0.192. The maximum absolute atomic E-state index is 5.27. The van der Waals surface area contributed by atoms with Crippen molar-refractivity contribution in [3.8, 4) is 5.75 Å². The van der Waals surface area contributed by atoms with E-state index in [9.17, 15) is 0 Å². The van der Waals surface area contributed by atoms with E-state index >= 15 is 0 Å². The van der Waals surface area contributed by atoms with Crippen molar-refractivity contribution < 1.29 is 4.74 Å². The third kappa shape index (κ3) is 3.72. The van der Waals surface area contributed by atoms with Crippen LogP contribution in [0.5, 0.6) is 5.75 Å². The molecule has 0 radical (unpaired) electrons. The first-order valence-electron chi connectivity index (χ1n) is 8.05. The summed E-state index contributed by atoms with van der Waals surface area (Å²) in [7, 11) is 1.68. The average Bonchev–Trinajstić information content (AvgIpc) is 2.61. The number of benzene rings is 1. The molecular weight excluding hydrogens is 290 g/mol. The molecule has 0 aromatic heterocycles. The van der Waals surface area contributed by atoms with Gasteiger partial charge in [0.2, 0.25) is 0 Å². The second-order valence-electron chi connectivity index (χ2n) is 5.89. The molecule has 6 nitrogen and oxygen atoms in total. The number of hydrogen-bond donors (Lipinski definition) is 3. The Kier molecular flexibility index (Phi) is 4.95. The molecule has 1 atom stereocenters. The standard InChI is InChI=1S/C17H25N5O/c1-14-19-8-7-17(21-14,15-3-5-16(23-2)6-4-15)20-13-22-11-9-18-10-12-22/h3-8,18,20H,9-13H2,1-2H3,(H,19,21). The Morgan fingerprint density at radius 3 is 2.65 bits per heavy atom. The molecule has 1 saturated heterocycles. The Labute approximate surface area is 137 Å². The number of aliphatic imine (C=N–C) groups is 1. The first-order chi connectivity index (χ1) is 11.2. The van der Waals surface area contributed by atoms with Crippen LogP contribution in [0.2, 0.25) is 0 Å². The summed E-state index contributed by atoms with van der Waals surface area (Å²) in [5.74, 6) is 1.76. The summed E-state index contributed by atoms with van der Waals surface area (Å²) in [6.45, 7) is 7.00. The number of rotatable bonds is 5. The van der Waals surface area contributed by atoms with Crippen molar-refractivity contribution in [2.75, 3.05) is 40.0 Å². The monoisotopic (exact) mass is 315 g/mol. The van der Waals surface area contributed by atoms with Gasteiger partial charge in [0.05, 0.1) is 13.8 Å². The van der Waals surface area contributed by atoms with Gasteiger partial charge < -0.3 is 15.4 Å². The molecule has 0 bridgehead atoms. The van der Waals surface area contributed by atoms with E-state index in [0.29, 0.717) is 0 Å². The zero-order valence-electron chi connectivity index (χ0n) is 13.8. The van der Waals surface area contributed by atoms with Gasteiger partial charge in [0.25, 0.3) is 0 Å². The van der Waals surface area contributed by atoms with E-state index < -0.39 is 5.66 Å². The van der Waals surface area contributed by atoms with Crippen molar-refractivity contribution in [1.29, 1.82) is 0 Å². The molecule has 1 aromatic rings. The van der Waals surface area contributed by atoms with Gasteiger partial charge in [-0.15, -0.1) is 0 Å². The Bertz CT molecular complexity index is 577. The van der Waals surface area contributed by atoms with Crippen LogP contribution < -0.4 is 20.7 Å². The van der Waals surface area contributed by atoms with Gasteiger partial charge >= 0.3 is 0 Å². The topological polar surface area (TPSA) is 60.9 Å². The SMILES string of the molecule is COc1ccc(C2(NCN3CCNCC3)C=CN=C(C)N2)cc1. The number of methoxy groups -OCH3 is 1. The molecule has 6 heteroatoms. The van der Waals surface area contributed by atoms with Gasteiger partial charge in [-0.1, -0.05) is 12.1 Å². The van der Waals surface area contributed by atoms with Crippen LogP contribution in [0.15, 0.2) is 41.5 Å². The number of nitrogens with zero attached hydrogens (tertiary/aromatic N) is 2. The molecule has 0 spiro atoms. The predicted octanol–water partition coefficient (Wildman–Crippen LogP) is 0.836. The number of piperazine rings is 1. The highest BCUT2D eigenvalue weighted by atomic mass is 16.5. The van der Waals surface area contributed by atoms with Crippen molar-refractivity contribution in [2.45, 2.75) is 12.6 Å². The Balaban J connectivity index is 1.79. The van der Waals surface area contributed by atoms with Crippen LogP contribution in [-0.2, 0) is 5.66 Å². The second-order valence-corrected chi connectivity index (χ2v) is 5.89. The zero-order valence-corrected chi connectivity index (χ0v) is 13.8. The average molecular weight is 315 g/mol. The molecule has 0 amide bonds. The fourth-order valence-corrected chi connectivity index (χ4v) is 2.95. The van der Waals surface area contributed by atoms with Gasteiger partial charge in [-0.25, -0.2) is 4.99 Å². The van der Waals surface area contributed by atoms with Crippen LogP contribution in [0, 0.1) is 0 Å². The molecule has 3 N–H and O–H groups in total. The minimum absolute atomic E-state index is 0.441.